The Morgan fingerprint density at radius 3 is 2.79 bits per heavy atom. The number of nitrogens with one attached hydrogen (secondary N) is 1. The van der Waals surface area contributed by atoms with Crippen LogP contribution >= 0.6 is 0 Å². The highest BCUT2D eigenvalue weighted by Crippen LogP contribution is 2.16. The molecule has 0 saturated carbocycles. The number of aryl methyl sites for hydroxylation is 1. The number of rotatable bonds is 3. The number of amides is 1. The summed E-state index contributed by atoms with van der Waals surface area (Å²) < 4.78 is 12.8. The summed E-state index contributed by atoms with van der Waals surface area (Å²) in [5.74, 6) is -0.802. The van der Waals surface area contributed by atoms with Crippen LogP contribution in [0, 0.1) is 12.7 Å². The zero-order valence-electron chi connectivity index (χ0n) is 8.17. The zero-order valence-corrected chi connectivity index (χ0v) is 8.17. The van der Waals surface area contributed by atoms with Gasteiger partial charge in [0.1, 0.15) is 11.9 Å². The Kier molecular flexibility index (Phi) is 3.06. The zero-order chi connectivity index (χ0) is 10.7. The van der Waals surface area contributed by atoms with Crippen molar-refractivity contribution in [2.75, 3.05) is 5.32 Å². The predicted octanol–water partition coefficient (Wildman–Crippen LogP) is 1.42. The molecule has 0 spiro atoms. The molecule has 76 valence electrons. The number of hydrogen-bond donors (Lipinski definition) is 2. The SMILES string of the molecule is Cc1ccc(F)cc1NC(C)C(N)=O. The number of halogens is 1. The van der Waals surface area contributed by atoms with Gasteiger partial charge in [0.15, 0.2) is 0 Å². The van der Waals surface area contributed by atoms with Crippen LogP contribution in [0.1, 0.15) is 12.5 Å². The summed E-state index contributed by atoms with van der Waals surface area (Å²) in [4.78, 5) is 10.8. The van der Waals surface area contributed by atoms with Gasteiger partial charge in [0.05, 0.1) is 0 Å². The van der Waals surface area contributed by atoms with E-state index in [1.54, 1.807) is 13.0 Å². The highest BCUT2D eigenvalue weighted by Gasteiger charge is 2.09. The Bertz CT molecular complexity index is 352. The molecular formula is C10H13FN2O. The molecular weight excluding hydrogens is 183 g/mol. The summed E-state index contributed by atoms with van der Waals surface area (Å²) in [6, 6.07) is 3.85. The molecule has 3 N–H and O–H groups in total. The molecule has 0 radical (unpaired) electrons. The number of anilines is 1. The molecule has 1 unspecified atom stereocenters. The van der Waals surface area contributed by atoms with Crippen molar-refractivity contribution in [3.8, 4) is 0 Å². The Hall–Kier alpha value is -1.58. The minimum absolute atomic E-state index is 0.338. The molecule has 0 aromatic heterocycles. The van der Waals surface area contributed by atoms with Crippen LogP contribution < -0.4 is 11.1 Å². The quantitative estimate of drug-likeness (QED) is 0.768. The van der Waals surface area contributed by atoms with Crippen molar-refractivity contribution in [1.82, 2.24) is 0 Å². The molecule has 4 heteroatoms. The number of carbonyl (C=O) groups is 1. The number of carbonyl (C=O) groups excluding carboxylic acids is 1. The van der Waals surface area contributed by atoms with Crippen molar-refractivity contribution >= 4 is 11.6 Å². The van der Waals surface area contributed by atoms with Gasteiger partial charge >= 0.3 is 0 Å². The van der Waals surface area contributed by atoms with E-state index >= 15 is 0 Å². The van der Waals surface area contributed by atoms with E-state index in [4.69, 9.17) is 5.73 Å². The third-order valence-corrected chi connectivity index (χ3v) is 2.00. The van der Waals surface area contributed by atoms with Crippen LogP contribution in [0.4, 0.5) is 10.1 Å². The molecule has 14 heavy (non-hydrogen) atoms. The topological polar surface area (TPSA) is 55.1 Å². The van der Waals surface area contributed by atoms with Gasteiger partial charge in [0.2, 0.25) is 5.91 Å². The van der Waals surface area contributed by atoms with Crippen molar-refractivity contribution < 1.29 is 9.18 Å². The van der Waals surface area contributed by atoms with E-state index in [0.29, 0.717) is 5.69 Å². The van der Waals surface area contributed by atoms with Crippen molar-refractivity contribution in [3.63, 3.8) is 0 Å². The Morgan fingerprint density at radius 2 is 2.21 bits per heavy atom. The third kappa shape index (κ3) is 2.45. The van der Waals surface area contributed by atoms with E-state index in [9.17, 15) is 9.18 Å². The number of nitrogens with two attached hydrogens (primary N) is 1. The molecule has 1 amide bonds. The fourth-order valence-corrected chi connectivity index (χ4v) is 1.05. The van der Waals surface area contributed by atoms with Crippen molar-refractivity contribution in [2.24, 2.45) is 5.73 Å². The second-order valence-corrected chi connectivity index (χ2v) is 3.23. The van der Waals surface area contributed by atoms with Gasteiger partial charge < -0.3 is 11.1 Å². The number of hydrogen-bond acceptors (Lipinski definition) is 2. The molecule has 0 saturated heterocycles. The van der Waals surface area contributed by atoms with Crippen LogP contribution in [0.25, 0.3) is 0 Å². The minimum Gasteiger partial charge on any atom is -0.374 e. The van der Waals surface area contributed by atoms with Crippen LogP contribution in [-0.2, 0) is 4.79 Å². The lowest BCUT2D eigenvalue weighted by Crippen LogP contribution is -2.32. The number of benzene rings is 1. The lowest BCUT2D eigenvalue weighted by atomic mass is 10.2. The average Bonchev–Trinajstić information content (AvgIpc) is 2.11. The Labute approximate surface area is 82.1 Å². The van der Waals surface area contributed by atoms with Gasteiger partial charge in [-0.05, 0) is 31.5 Å². The predicted molar refractivity (Wildman–Crippen MR) is 53.4 cm³/mol. The molecule has 0 heterocycles. The molecule has 1 aromatic carbocycles. The maximum absolute atomic E-state index is 12.8. The first-order valence-electron chi connectivity index (χ1n) is 4.32. The molecule has 3 nitrogen and oxygen atoms in total. The van der Waals surface area contributed by atoms with Gasteiger partial charge in [-0.2, -0.15) is 0 Å². The van der Waals surface area contributed by atoms with Gasteiger partial charge in [-0.1, -0.05) is 6.07 Å². The summed E-state index contributed by atoms with van der Waals surface area (Å²) in [5.41, 5.74) is 6.55. The van der Waals surface area contributed by atoms with E-state index < -0.39 is 11.9 Å². The highest BCUT2D eigenvalue weighted by molar-refractivity contribution is 5.82. The van der Waals surface area contributed by atoms with E-state index in [1.165, 1.54) is 12.1 Å². The monoisotopic (exact) mass is 196 g/mol. The summed E-state index contributed by atoms with van der Waals surface area (Å²) in [7, 11) is 0. The average molecular weight is 196 g/mol. The second kappa shape index (κ2) is 4.09. The Balaban J connectivity index is 2.85. The molecule has 1 aromatic rings. The molecule has 0 aliphatic heterocycles. The van der Waals surface area contributed by atoms with Crippen LogP contribution in [0.5, 0.6) is 0 Å². The third-order valence-electron chi connectivity index (χ3n) is 2.00. The van der Waals surface area contributed by atoms with Crippen molar-refractivity contribution in [2.45, 2.75) is 19.9 Å². The molecule has 0 fully saturated rings. The molecule has 0 aliphatic rings. The maximum atomic E-state index is 12.8. The van der Waals surface area contributed by atoms with Gasteiger partial charge in [-0.15, -0.1) is 0 Å². The van der Waals surface area contributed by atoms with Crippen LogP contribution in [0.15, 0.2) is 18.2 Å². The normalized spacial score (nSPS) is 12.2. The maximum Gasteiger partial charge on any atom is 0.239 e. The van der Waals surface area contributed by atoms with Gasteiger partial charge in [0.25, 0.3) is 0 Å². The van der Waals surface area contributed by atoms with E-state index in [-0.39, 0.29) is 5.82 Å². The summed E-state index contributed by atoms with van der Waals surface area (Å²) in [6.45, 7) is 3.46. The molecule has 1 atom stereocenters. The summed E-state index contributed by atoms with van der Waals surface area (Å²) >= 11 is 0. The smallest absolute Gasteiger partial charge is 0.239 e. The van der Waals surface area contributed by atoms with Crippen LogP contribution in [0.2, 0.25) is 0 Å². The minimum atomic E-state index is -0.504. The van der Waals surface area contributed by atoms with E-state index in [1.807, 2.05) is 6.92 Å². The largest absolute Gasteiger partial charge is 0.374 e. The lowest BCUT2D eigenvalue weighted by Gasteiger charge is -2.13. The molecule has 0 aliphatic carbocycles. The summed E-state index contributed by atoms with van der Waals surface area (Å²) in [6.07, 6.45) is 0. The molecule has 0 bridgehead atoms. The molecule has 1 rings (SSSR count). The number of primary amides is 1. The van der Waals surface area contributed by atoms with Gasteiger partial charge in [-0.25, -0.2) is 4.39 Å². The second-order valence-electron chi connectivity index (χ2n) is 3.23. The van der Waals surface area contributed by atoms with Crippen molar-refractivity contribution in [1.29, 1.82) is 0 Å². The van der Waals surface area contributed by atoms with Crippen LogP contribution in [0.3, 0.4) is 0 Å². The summed E-state index contributed by atoms with van der Waals surface area (Å²) in [5, 5.41) is 2.84. The van der Waals surface area contributed by atoms with E-state index in [2.05, 4.69) is 5.32 Å². The fraction of sp³-hybridized carbons (Fsp3) is 0.300. The first-order chi connectivity index (χ1) is 6.50. The van der Waals surface area contributed by atoms with Gasteiger partial charge in [0, 0.05) is 5.69 Å². The van der Waals surface area contributed by atoms with Crippen molar-refractivity contribution in [3.05, 3.63) is 29.6 Å². The standard InChI is InChI=1S/C10H13FN2O/c1-6-3-4-8(11)5-9(6)13-7(2)10(12)14/h3-5,7,13H,1-2H3,(H2,12,14). The van der Waals surface area contributed by atoms with E-state index in [0.717, 1.165) is 5.56 Å². The first-order valence-corrected chi connectivity index (χ1v) is 4.32. The first kappa shape index (κ1) is 10.5. The lowest BCUT2D eigenvalue weighted by molar-refractivity contribution is -0.118. The highest BCUT2D eigenvalue weighted by atomic mass is 19.1. The Morgan fingerprint density at radius 1 is 1.57 bits per heavy atom. The van der Waals surface area contributed by atoms with Crippen LogP contribution in [-0.4, -0.2) is 11.9 Å². The fourth-order valence-electron chi connectivity index (χ4n) is 1.05. The van der Waals surface area contributed by atoms with Gasteiger partial charge in [-0.3, -0.25) is 4.79 Å².